The molecule has 0 atom stereocenters. The number of benzene rings is 1. The topological polar surface area (TPSA) is 96.4 Å². The van der Waals surface area contributed by atoms with E-state index in [2.05, 4.69) is 9.71 Å². The molecule has 1 aromatic heterocycles. The average Bonchev–Trinajstić information content (AvgIpc) is 2.90. The third kappa shape index (κ3) is 3.56. The molecule has 0 aliphatic carbocycles. The van der Waals surface area contributed by atoms with Gasteiger partial charge in [-0.05, 0) is 17.7 Å². The summed E-state index contributed by atoms with van der Waals surface area (Å²) >= 11 is 6.29. The number of carboxylic acid groups (broad SMARTS) is 1. The van der Waals surface area contributed by atoms with E-state index in [4.69, 9.17) is 16.7 Å². The maximum atomic E-state index is 13.0. The first-order chi connectivity index (χ1) is 9.81. The van der Waals surface area contributed by atoms with Gasteiger partial charge in [0.1, 0.15) is 5.82 Å². The van der Waals surface area contributed by atoms with Gasteiger partial charge in [-0.3, -0.25) is 0 Å². The molecule has 0 unspecified atom stereocenters. The molecule has 0 spiro atoms. The van der Waals surface area contributed by atoms with Crippen molar-refractivity contribution in [3.63, 3.8) is 0 Å². The second kappa shape index (κ2) is 6.06. The maximum Gasteiger partial charge on any atom is 0.356 e. The average molecular weight is 351 g/mol. The summed E-state index contributed by atoms with van der Waals surface area (Å²) in [5.74, 6) is -2.04. The summed E-state index contributed by atoms with van der Waals surface area (Å²) in [4.78, 5) is 14.4. The van der Waals surface area contributed by atoms with E-state index in [0.717, 1.165) is 11.6 Å². The molecule has 112 valence electrons. The minimum atomic E-state index is -4.03. The van der Waals surface area contributed by atoms with Gasteiger partial charge < -0.3 is 5.11 Å². The van der Waals surface area contributed by atoms with Crippen molar-refractivity contribution in [1.82, 2.24) is 9.71 Å². The van der Waals surface area contributed by atoms with Crippen molar-refractivity contribution in [2.75, 3.05) is 0 Å². The quantitative estimate of drug-likeness (QED) is 0.861. The van der Waals surface area contributed by atoms with Crippen LogP contribution in [0.4, 0.5) is 4.39 Å². The largest absolute Gasteiger partial charge is 0.476 e. The van der Waals surface area contributed by atoms with Gasteiger partial charge in [-0.25, -0.2) is 27.3 Å². The molecule has 0 saturated heterocycles. The van der Waals surface area contributed by atoms with Crippen molar-refractivity contribution < 1.29 is 22.7 Å². The number of aromatic carboxylic acids is 1. The Morgan fingerprint density at radius 3 is 2.81 bits per heavy atom. The number of thiazole rings is 1. The summed E-state index contributed by atoms with van der Waals surface area (Å²) in [5.41, 5.74) is 1.03. The van der Waals surface area contributed by atoms with E-state index in [1.807, 2.05) is 0 Å². The molecule has 0 radical (unpaired) electrons. The van der Waals surface area contributed by atoms with Crippen LogP contribution in [0.3, 0.4) is 0 Å². The molecule has 1 heterocycles. The molecule has 0 amide bonds. The van der Waals surface area contributed by atoms with Gasteiger partial charge in [-0.1, -0.05) is 17.7 Å². The zero-order valence-corrected chi connectivity index (χ0v) is 12.6. The Morgan fingerprint density at radius 2 is 2.19 bits per heavy atom. The molecule has 0 saturated carbocycles. The van der Waals surface area contributed by atoms with Crippen LogP contribution in [0.2, 0.25) is 5.02 Å². The lowest BCUT2D eigenvalue weighted by Crippen LogP contribution is -2.24. The zero-order chi connectivity index (χ0) is 15.6. The fourth-order valence-corrected chi connectivity index (χ4v) is 3.87. The molecular weight excluding hydrogens is 343 g/mol. The highest BCUT2D eigenvalue weighted by Crippen LogP contribution is 2.21. The molecule has 1 aromatic carbocycles. The summed E-state index contributed by atoms with van der Waals surface area (Å²) in [6.45, 7) is -0.153. The van der Waals surface area contributed by atoms with Gasteiger partial charge in [0.05, 0.1) is 10.5 Å². The Hall–Kier alpha value is -1.55. The second-order valence-electron chi connectivity index (χ2n) is 3.87. The van der Waals surface area contributed by atoms with E-state index < -0.39 is 27.5 Å². The van der Waals surface area contributed by atoms with Gasteiger partial charge in [0.25, 0.3) is 10.0 Å². The second-order valence-corrected chi connectivity index (χ2v) is 7.09. The van der Waals surface area contributed by atoms with E-state index in [1.165, 1.54) is 12.1 Å². The zero-order valence-electron chi connectivity index (χ0n) is 10.2. The Kier molecular flexibility index (Phi) is 4.57. The lowest BCUT2D eigenvalue weighted by Gasteiger charge is -2.06. The van der Waals surface area contributed by atoms with Crippen LogP contribution < -0.4 is 4.72 Å². The van der Waals surface area contributed by atoms with Crippen molar-refractivity contribution in [1.29, 1.82) is 0 Å². The van der Waals surface area contributed by atoms with Crippen LogP contribution in [-0.4, -0.2) is 24.5 Å². The molecule has 0 aliphatic heterocycles. The van der Waals surface area contributed by atoms with Crippen molar-refractivity contribution in [3.8, 4) is 0 Å². The smallest absolute Gasteiger partial charge is 0.356 e. The highest BCUT2D eigenvalue weighted by Gasteiger charge is 2.25. The molecule has 2 rings (SSSR count). The fraction of sp³-hybridized carbons (Fsp3) is 0.0909. The van der Waals surface area contributed by atoms with Gasteiger partial charge >= 0.3 is 5.97 Å². The van der Waals surface area contributed by atoms with Crippen LogP contribution in [0.15, 0.2) is 27.9 Å². The van der Waals surface area contributed by atoms with Gasteiger partial charge in [0, 0.05) is 6.54 Å². The van der Waals surface area contributed by atoms with E-state index in [9.17, 15) is 17.6 Å². The summed E-state index contributed by atoms with van der Waals surface area (Å²) in [6, 6.07) is 3.76. The van der Waals surface area contributed by atoms with E-state index in [-0.39, 0.29) is 15.8 Å². The van der Waals surface area contributed by atoms with Crippen molar-refractivity contribution in [2.24, 2.45) is 0 Å². The number of nitrogens with zero attached hydrogens (tertiary/aromatic N) is 1. The third-order valence-corrected chi connectivity index (χ3v) is 5.49. The number of hydrogen-bond acceptors (Lipinski definition) is 5. The molecule has 0 fully saturated rings. The number of nitrogens with one attached hydrogen (secondary N) is 1. The normalized spacial score (nSPS) is 11.5. The first kappa shape index (κ1) is 15.8. The predicted octanol–water partition coefficient (Wildman–Crippen LogP) is 2.11. The first-order valence-electron chi connectivity index (χ1n) is 5.41. The number of rotatable bonds is 5. The van der Waals surface area contributed by atoms with Gasteiger partial charge in [-0.2, -0.15) is 0 Å². The summed E-state index contributed by atoms with van der Waals surface area (Å²) in [6.07, 6.45) is 0. The standard InChI is InChI=1S/C11H8ClFN2O4S2/c12-7-3-6(1-2-8(7)13)4-15-21(18,19)11-9(10(16)17)14-5-20-11/h1-3,5,15H,4H2,(H,16,17). The van der Waals surface area contributed by atoms with Crippen LogP contribution in [0.1, 0.15) is 16.1 Å². The fourth-order valence-electron chi connectivity index (χ4n) is 1.46. The summed E-state index contributed by atoms with van der Waals surface area (Å²) in [7, 11) is -4.03. The van der Waals surface area contributed by atoms with Crippen molar-refractivity contribution >= 4 is 38.9 Å². The number of carboxylic acids is 1. The number of halogens is 2. The summed E-state index contributed by atoms with van der Waals surface area (Å²) < 4.78 is 38.9. The SMILES string of the molecule is O=C(O)c1ncsc1S(=O)(=O)NCc1ccc(F)c(Cl)c1. The lowest BCUT2D eigenvalue weighted by molar-refractivity contribution is 0.0687. The van der Waals surface area contributed by atoms with E-state index in [0.29, 0.717) is 16.9 Å². The van der Waals surface area contributed by atoms with Crippen molar-refractivity contribution in [3.05, 3.63) is 45.8 Å². The Morgan fingerprint density at radius 1 is 1.48 bits per heavy atom. The monoisotopic (exact) mass is 350 g/mol. The van der Waals surface area contributed by atoms with Gasteiger partial charge in [0.15, 0.2) is 9.90 Å². The molecule has 10 heteroatoms. The number of carbonyl (C=O) groups is 1. The predicted molar refractivity (Wildman–Crippen MR) is 74.5 cm³/mol. The number of hydrogen-bond donors (Lipinski definition) is 2. The van der Waals surface area contributed by atoms with Crippen LogP contribution in [0.5, 0.6) is 0 Å². The Bertz CT molecular complexity index is 791. The molecule has 21 heavy (non-hydrogen) atoms. The number of aromatic nitrogens is 1. The first-order valence-corrected chi connectivity index (χ1v) is 8.15. The van der Waals surface area contributed by atoms with Gasteiger partial charge in [0.2, 0.25) is 0 Å². The summed E-state index contributed by atoms with van der Waals surface area (Å²) in [5, 5.41) is 8.73. The molecule has 0 bridgehead atoms. The van der Waals surface area contributed by atoms with E-state index >= 15 is 0 Å². The molecular formula is C11H8ClFN2O4S2. The molecule has 2 aromatic rings. The minimum absolute atomic E-state index is 0.129. The number of sulfonamides is 1. The Balaban J connectivity index is 2.20. The van der Waals surface area contributed by atoms with E-state index in [1.54, 1.807) is 0 Å². The highest BCUT2D eigenvalue weighted by atomic mass is 35.5. The van der Waals surface area contributed by atoms with Crippen LogP contribution >= 0.6 is 22.9 Å². The Labute approximate surface area is 128 Å². The molecule has 6 nitrogen and oxygen atoms in total. The van der Waals surface area contributed by atoms with Crippen LogP contribution in [-0.2, 0) is 16.6 Å². The minimum Gasteiger partial charge on any atom is -0.476 e. The third-order valence-electron chi connectivity index (χ3n) is 2.43. The lowest BCUT2D eigenvalue weighted by atomic mass is 10.2. The van der Waals surface area contributed by atoms with Crippen molar-refractivity contribution in [2.45, 2.75) is 10.8 Å². The molecule has 2 N–H and O–H groups in total. The van der Waals surface area contributed by atoms with Crippen LogP contribution in [0.25, 0.3) is 0 Å². The van der Waals surface area contributed by atoms with Crippen LogP contribution in [0, 0.1) is 5.82 Å². The maximum absolute atomic E-state index is 13.0. The van der Waals surface area contributed by atoms with Gasteiger partial charge in [-0.15, -0.1) is 11.3 Å². The molecule has 0 aliphatic rings. The highest BCUT2D eigenvalue weighted by molar-refractivity contribution is 7.91.